The van der Waals surface area contributed by atoms with Crippen LogP contribution in [0.3, 0.4) is 0 Å². The molecule has 7 rings (SSSR count). The topological polar surface area (TPSA) is 27.7 Å². The number of thiol groups is 3. The fourth-order valence-corrected chi connectivity index (χ4v) is 9.67. The first kappa shape index (κ1) is 46.0. The van der Waals surface area contributed by atoms with Crippen LogP contribution in [0.5, 0.6) is 17.2 Å². The van der Waals surface area contributed by atoms with Crippen LogP contribution in [0.2, 0.25) is 0 Å². The maximum absolute atomic E-state index is 5.66. The van der Waals surface area contributed by atoms with Gasteiger partial charge in [0.1, 0.15) is 17.2 Å². The van der Waals surface area contributed by atoms with Crippen molar-refractivity contribution in [3.05, 3.63) is 209 Å². The van der Waals surface area contributed by atoms with E-state index in [9.17, 15) is 0 Å². The minimum atomic E-state index is 0.752. The maximum atomic E-state index is 5.66. The van der Waals surface area contributed by atoms with Crippen molar-refractivity contribution in [2.45, 2.75) is 94.8 Å². The van der Waals surface area contributed by atoms with Gasteiger partial charge in [0.05, 0.1) is 21.3 Å². The lowest BCUT2D eigenvalue weighted by atomic mass is 9.75. The summed E-state index contributed by atoms with van der Waals surface area (Å²) in [5.41, 5.74) is 23.1. The minimum Gasteiger partial charge on any atom is -0.497 e. The number of methoxy groups -OCH3 is 3. The lowest BCUT2D eigenvalue weighted by molar-refractivity contribution is 0.414. The average molecular weight is 889 g/mol. The first-order chi connectivity index (χ1) is 30.2. The third-order valence-electron chi connectivity index (χ3n) is 12.9. The Balaban J connectivity index is 1.64. The highest BCUT2D eigenvalue weighted by molar-refractivity contribution is 7.80. The summed E-state index contributed by atoms with van der Waals surface area (Å²) >= 11 is 15.0. The molecular weight excluding hydrogens is 829 g/mol. The molecule has 0 atom stereocenters. The van der Waals surface area contributed by atoms with E-state index in [4.69, 9.17) is 52.1 Å². The van der Waals surface area contributed by atoms with Crippen LogP contribution in [0, 0.1) is 41.5 Å². The maximum Gasteiger partial charge on any atom is 0.118 e. The zero-order valence-corrected chi connectivity index (χ0v) is 40.9. The van der Waals surface area contributed by atoms with Gasteiger partial charge >= 0.3 is 0 Å². The molecule has 3 nitrogen and oxygen atoms in total. The fourth-order valence-electron chi connectivity index (χ4n) is 9.01. The van der Waals surface area contributed by atoms with Crippen molar-refractivity contribution in [1.29, 1.82) is 0 Å². The van der Waals surface area contributed by atoms with Crippen LogP contribution in [-0.2, 0) is 38.5 Å². The monoisotopic (exact) mass is 888 g/mol. The van der Waals surface area contributed by atoms with Gasteiger partial charge in [0.2, 0.25) is 0 Å². The van der Waals surface area contributed by atoms with Gasteiger partial charge in [0, 0.05) is 14.7 Å². The van der Waals surface area contributed by atoms with Gasteiger partial charge in [0.15, 0.2) is 0 Å². The normalized spacial score (nSPS) is 11.2. The molecule has 0 N–H and O–H groups in total. The van der Waals surface area contributed by atoms with Crippen LogP contribution in [0.1, 0.15) is 100 Å². The van der Waals surface area contributed by atoms with E-state index in [1.807, 2.05) is 0 Å². The minimum absolute atomic E-state index is 0.752. The van der Waals surface area contributed by atoms with Gasteiger partial charge in [-0.1, -0.05) is 54.6 Å². The zero-order chi connectivity index (χ0) is 44.9. The van der Waals surface area contributed by atoms with Crippen molar-refractivity contribution in [2.75, 3.05) is 21.3 Å². The second kappa shape index (κ2) is 20.2. The molecule has 324 valence electrons. The number of hydrogen-bond donors (Lipinski definition) is 3. The summed E-state index contributed by atoms with van der Waals surface area (Å²) in [7, 11) is 5.19. The van der Waals surface area contributed by atoms with Crippen LogP contribution in [-0.4, -0.2) is 21.3 Å². The molecule has 0 spiro atoms. The molecule has 0 heterocycles. The van der Waals surface area contributed by atoms with Gasteiger partial charge in [-0.25, -0.2) is 0 Å². The molecule has 63 heavy (non-hydrogen) atoms. The van der Waals surface area contributed by atoms with Crippen LogP contribution in [0.15, 0.2) is 124 Å². The summed E-state index contributed by atoms with van der Waals surface area (Å²) in [6, 6.07) is 39.6. The van der Waals surface area contributed by atoms with Gasteiger partial charge in [-0.05, 0) is 235 Å². The summed E-state index contributed by atoms with van der Waals surface area (Å²) in [5, 5.41) is 0. The molecule has 7 aromatic rings. The number of aryl methyl sites for hydroxylation is 6. The predicted octanol–water partition coefficient (Wildman–Crippen LogP) is 14.0. The molecule has 0 fully saturated rings. The summed E-state index contributed by atoms with van der Waals surface area (Å²) in [6.45, 7) is 13.2. The number of hydrogen-bond acceptors (Lipinski definition) is 6. The molecule has 0 saturated carbocycles. The van der Waals surface area contributed by atoms with Crippen molar-refractivity contribution in [2.24, 2.45) is 0 Å². The Morgan fingerprint density at radius 3 is 0.746 bits per heavy atom. The zero-order valence-electron chi connectivity index (χ0n) is 38.2. The SMILES string of the molecule is COc1ccc(Cc2c(Cc3cc(S)c(C)cc3C)c(Cc3ccc(OC)cc3)c(Cc3cc(S)c(C)cc3C)c(Cc3ccc(OC)cc3)c2Cc2cc(S)c(C)cc2C)cc1. The third kappa shape index (κ3) is 10.7. The van der Waals surface area contributed by atoms with Gasteiger partial charge in [-0.2, -0.15) is 0 Å². The number of ether oxygens (including phenoxy) is 3. The molecule has 6 heteroatoms. The van der Waals surface area contributed by atoms with E-state index in [-0.39, 0.29) is 0 Å². The molecule has 0 saturated heterocycles. The number of benzene rings is 7. The molecule has 0 aliphatic rings. The smallest absolute Gasteiger partial charge is 0.118 e. The lowest BCUT2D eigenvalue weighted by Crippen LogP contribution is -2.17. The van der Waals surface area contributed by atoms with Gasteiger partial charge in [-0.15, -0.1) is 37.9 Å². The molecule has 0 bridgehead atoms. The molecular formula is C57H60O3S3. The Labute approximate surface area is 392 Å². The standard InChI is InChI=1S/C57H60O3S3/c1-34-22-37(4)55(61)31-43(34)28-52-49(25-40-10-16-46(58-7)17-11-40)53(29-44-32-56(62)38(5)23-35(44)2)51(27-42-14-20-48(60-9)21-15-42)54(30-45-33-57(63)39(6)24-36(45)3)50(52)26-41-12-18-47(59-8)19-13-41/h10-24,31-33,61-63H,25-30H2,1-9H3. The van der Waals surface area contributed by atoms with E-state index in [1.165, 1.54) is 100 Å². The highest BCUT2D eigenvalue weighted by atomic mass is 32.1. The average Bonchev–Trinajstić information content (AvgIpc) is 3.27. The van der Waals surface area contributed by atoms with Crippen LogP contribution >= 0.6 is 37.9 Å². The number of rotatable bonds is 15. The molecule has 0 unspecified atom stereocenters. The van der Waals surface area contributed by atoms with Gasteiger partial charge in [0.25, 0.3) is 0 Å². The Kier molecular flexibility index (Phi) is 14.8. The van der Waals surface area contributed by atoms with Gasteiger partial charge < -0.3 is 14.2 Å². The largest absolute Gasteiger partial charge is 0.497 e. The Bertz CT molecular complexity index is 2430. The quantitative estimate of drug-likeness (QED) is 0.0896. The highest BCUT2D eigenvalue weighted by Crippen LogP contribution is 2.40. The second-order valence-corrected chi connectivity index (χ2v) is 18.6. The summed E-state index contributed by atoms with van der Waals surface area (Å²) < 4.78 is 17.0. The van der Waals surface area contributed by atoms with Crippen molar-refractivity contribution in [3.63, 3.8) is 0 Å². The van der Waals surface area contributed by atoms with Crippen LogP contribution < -0.4 is 14.2 Å². The molecule has 0 radical (unpaired) electrons. The van der Waals surface area contributed by atoms with E-state index in [0.717, 1.165) is 70.5 Å². The third-order valence-corrected chi connectivity index (χ3v) is 14.3. The molecule has 0 amide bonds. The Hall–Kier alpha value is -5.01. The molecule has 7 aromatic carbocycles. The van der Waals surface area contributed by atoms with Crippen molar-refractivity contribution < 1.29 is 14.2 Å². The summed E-state index contributed by atoms with van der Waals surface area (Å²) in [6.07, 6.45) is 4.53. The van der Waals surface area contributed by atoms with Crippen LogP contribution in [0.4, 0.5) is 0 Å². The first-order valence-electron chi connectivity index (χ1n) is 21.7. The first-order valence-corrected chi connectivity index (χ1v) is 23.0. The Morgan fingerprint density at radius 2 is 0.524 bits per heavy atom. The second-order valence-electron chi connectivity index (χ2n) is 17.2. The highest BCUT2D eigenvalue weighted by Gasteiger charge is 2.27. The summed E-state index contributed by atoms with van der Waals surface area (Å²) in [4.78, 5) is 3.02. The van der Waals surface area contributed by atoms with E-state index < -0.39 is 0 Å². The van der Waals surface area contributed by atoms with E-state index in [2.05, 4.69) is 151 Å². The summed E-state index contributed by atoms with van der Waals surface area (Å²) in [5.74, 6) is 2.54. The predicted molar refractivity (Wildman–Crippen MR) is 272 cm³/mol. The van der Waals surface area contributed by atoms with E-state index in [0.29, 0.717) is 0 Å². The van der Waals surface area contributed by atoms with E-state index in [1.54, 1.807) is 21.3 Å². The fraction of sp³-hybridized carbons (Fsp3) is 0.263. The van der Waals surface area contributed by atoms with Crippen molar-refractivity contribution in [1.82, 2.24) is 0 Å². The Morgan fingerprint density at radius 1 is 0.302 bits per heavy atom. The van der Waals surface area contributed by atoms with E-state index >= 15 is 0 Å². The molecule has 0 aliphatic heterocycles. The van der Waals surface area contributed by atoms with Gasteiger partial charge in [-0.3, -0.25) is 0 Å². The van der Waals surface area contributed by atoms with Crippen LogP contribution in [0.25, 0.3) is 0 Å². The van der Waals surface area contributed by atoms with Crippen molar-refractivity contribution >= 4 is 37.9 Å². The van der Waals surface area contributed by atoms with Crippen molar-refractivity contribution in [3.8, 4) is 17.2 Å². The molecule has 0 aliphatic carbocycles. The lowest BCUT2D eigenvalue weighted by Gasteiger charge is -2.29. The molecule has 0 aromatic heterocycles.